The molecule has 128 valence electrons. The quantitative estimate of drug-likeness (QED) is 0.828. The molecule has 8 nitrogen and oxygen atoms in total. The van der Waals surface area contributed by atoms with Crippen molar-refractivity contribution >= 4 is 11.6 Å². The molecule has 0 spiro atoms. The predicted molar refractivity (Wildman–Crippen MR) is 86.7 cm³/mol. The number of tetrazole rings is 1. The highest BCUT2D eigenvalue weighted by Crippen LogP contribution is 2.18. The minimum atomic E-state index is -0.0853. The monoisotopic (exact) mass is 331 g/mol. The highest BCUT2D eigenvalue weighted by molar-refractivity contribution is 5.90. The van der Waals surface area contributed by atoms with E-state index in [4.69, 9.17) is 9.47 Å². The number of ether oxygens (including phenoxy) is 2. The third-order valence-electron chi connectivity index (χ3n) is 3.86. The lowest BCUT2D eigenvalue weighted by molar-refractivity contribution is -0.116. The summed E-state index contributed by atoms with van der Waals surface area (Å²) in [7, 11) is 0. The number of hydrogen-bond donors (Lipinski definition) is 1. The minimum Gasteiger partial charge on any atom is -0.491 e. The van der Waals surface area contributed by atoms with Gasteiger partial charge in [-0.3, -0.25) is 4.79 Å². The molecule has 2 heterocycles. The van der Waals surface area contributed by atoms with E-state index in [-0.39, 0.29) is 12.0 Å². The van der Waals surface area contributed by atoms with E-state index in [9.17, 15) is 4.79 Å². The van der Waals surface area contributed by atoms with Gasteiger partial charge in [0.15, 0.2) is 0 Å². The molecule has 1 N–H and O–H groups in total. The van der Waals surface area contributed by atoms with Crippen molar-refractivity contribution < 1.29 is 14.3 Å². The van der Waals surface area contributed by atoms with Gasteiger partial charge in [-0.25, -0.2) is 4.68 Å². The Labute approximate surface area is 140 Å². The highest BCUT2D eigenvalue weighted by Gasteiger charge is 2.15. The first kappa shape index (κ1) is 16.4. The van der Waals surface area contributed by atoms with Crippen LogP contribution >= 0.6 is 0 Å². The number of rotatable bonds is 7. The van der Waals surface area contributed by atoms with Crippen LogP contribution in [0.3, 0.4) is 0 Å². The molecule has 1 unspecified atom stereocenters. The Morgan fingerprint density at radius 2 is 2.25 bits per heavy atom. The average Bonchev–Trinajstić information content (AvgIpc) is 3.24. The van der Waals surface area contributed by atoms with Crippen LogP contribution in [0.25, 0.3) is 0 Å². The fourth-order valence-corrected chi connectivity index (χ4v) is 2.49. The molecular weight excluding hydrogens is 310 g/mol. The van der Waals surface area contributed by atoms with Gasteiger partial charge in [0.2, 0.25) is 5.91 Å². The molecule has 1 fully saturated rings. The summed E-state index contributed by atoms with van der Waals surface area (Å²) < 4.78 is 12.8. The SMILES string of the molecule is Cc1nnnn1CCC(=O)Nc1ccc(OCC2CCCO2)cc1. The first-order valence-corrected chi connectivity index (χ1v) is 8.08. The Hall–Kier alpha value is -2.48. The number of anilines is 1. The fraction of sp³-hybridized carbons (Fsp3) is 0.500. The van der Waals surface area contributed by atoms with Gasteiger partial charge in [-0.15, -0.1) is 5.10 Å². The smallest absolute Gasteiger partial charge is 0.226 e. The van der Waals surface area contributed by atoms with Gasteiger partial charge in [0.25, 0.3) is 0 Å². The fourth-order valence-electron chi connectivity index (χ4n) is 2.49. The van der Waals surface area contributed by atoms with E-state index in [1.54, 1.807) is 11.6 Å². The van der Waals surface area contributed by atoms with E-state index in [1.165, 1.54) is 0 Å². The van der Waals surface area contributed by atoms with Gasteiger partial charge < -0.3 is 14.8 Å². The van der Waals surface area contributed by atoms with E-state index in [0.717, 1.165) is 30.9 Å². The van der Waals surface area contributed by atoms with Crippen molar-refractivity contribution in [2.45, 2.75) is 38.8 Å². The maximum atomic E-state index is 12.0. The molecule has 1 atom stereocenters. The van der Waals surface area contributed by atoms with E-state index in [1.807, 2.05) is 24.3 Å². The Morgan fingerprint density at radius 1 is 1.42 bits per heavy atom. The maximum absolute atomic E-state index is 12.0. The lowest BCUT2D eigenvalue weighted by Crippen LogP contribution is -2.16. The van der Waals surface area contributed by atoms with Crippen molar-refractivity contribution in [2.24, 2.45) is 0 Å². The second-order valence-corrected chi connectivity index (χ2v) is 5.72. The van der Waals surface area contributed by atoms with Gasteiger partial charge >= 0.3 is 0 Å². The molecule has 1 aromatic heterocycles. The van der Waals surface area contributed by atoms with Crippen molar-refractivity contribution in [2.75, 3.05) is 18.5 Å². The number of carbonyl (C=O) groups is 1. The van der Waals surface area contributed by atoms with Gasteiger partial charge in [0.1, 0.15) is 18.2 Å². The second-order valence-electron chi connectivity index (χ2n) is 5.72. The van der Waals surface area contributed by atoms with Gasteiger partial charge in [0, 0.05) is 18.7 Å². The summed E-state index contributed by atoms with van der Waals surface area (Å²) >= 11 is 0. The molecular formula is C16H21N5O3. The Kier molecular flexibility index (Phi) is 5.37. The zero-order valence-corrected chi connectivity index (χ0v) is 13.6. The Morgan fingerprint density at radius 3 is 2.92 bits per heavy atom. The van der Waals surface area contributed by atoms with Crippen molar-refractivity contribution in [3.63, 3.8) is 0 Å². The number of aryl methyl sites for hydroxylation is 2. The average molecular weight is 331 g/mol. The Balaban J connectivity index is 1.43. The van der Waals surface area contributed by atoms with Crippen LogP contribution in [-0.2, 0) is 16.1 Å². The topological polar surface area (TPSA) is 91.2 Å². The molecule has 0 radical (unpaired) electrons. The largest absolute Gasteiger partial charge is 0.491 e. The lowest BCUT2D eigenvalue weighted by Gasteiger charge is -2.12. The van der Waals surface area contributed by atoms with E-state index >= 15 is 0 Å². The normalized spacial score (nSPS) is 17.0. The van der Waals surface area contributed by atoms with Crippen LogP contribution in [0.1, 0.15) is 25.1 Å². The third kappa shape index (κ3) is 4.51. The summed E-state index contributed by atoms with van der Waals surface area (Å²) in [6, 6.07) is 7.34. The summed E-state index contributed by atoms with van der Waals surface area (Å²) in [5.74, 6) is 1.38. The van der Waals surface area contributed by atoms with Crippen LogP contribution in [-0.4, -0.2) is 45.4 Å². The number of benzene rings is 1. The van der Waals surface area contributed by atoms with Crippen molar-refractivity contribution in [1.82, 2.24) is 20.2 Å². The zero-order valence-electron chi connectivity index (χ0n) is 13.6. The number of hydrogen-bond acceptors (Lipinski definition) is 6. The molecule has 1 saturated heterocycles. The van der Waals surface area contributed by atoms with Crippen LogP contribution in [0.4, 0.5) is 5.69 Å². The van der Waals surface area contributed by atoms with Crippen molar-refractivity contribution in [1.29, 1.82) is 0 Å². The van der Waals surface area contributed by atoms with E-state index in [0.29, 0.717) is 25.4 Å². The lowest BCUT2D eigenvalue weighted by atomic mass is 10.2. The van der Waals surface area contributed by atoms with Gasteiger partial charge in [-0.05, 0) is 54.5 Å². The van der Waals surface area contributed by atoms with Crippen LogP contribution in [0.5, 0.6) is 5.75 Å². The summed E-state index contributed by atoms with van der Waals surface area (Å²) in [6.07, 6.45) is 2.65. The van der Waals surface area contributed by atoms with Crippen molar-refractivity contribution in [3.05, 3.63) is 30.1 Å². The zero-order chi connectivity index (χ0) is 16.8. The second kappa shape index (κ2) is 7.87. The summed E-state index contributed by atoms with van der Waals surface area (Å²) in [5.41, 5.74) is 0.734. The van der Waals surface area contributed by atoms with Crippen LogP contribution in [0.2, 0.25) is 0 Å². The van der Waals surface area contributed by atoms with E-state index < -0.39 is 0 Å². The summed E-state index contributed by atoms with van der Waals surface area (Å²) in [4.78, 5) is 12.0. The Bertz CT molecular complexity index is 665. The van der Waals surface area contributed by atoms with E-state index in [2.05, 4.69) is 20.8 Å². The molecule has 1 aliphatic rings. The maximum Gasteiger partial charge on any atom is 0.226 e. The number of carbonyl (C=O) groups excluding carboxylic acids is 1. The summed E-state index contributed by atoms with van der Waals surface area (Å²) in [5, 5.41) is 14.0. The molecule has 0 saturated carbocycles. The molecule has 8 heteroatoms. The molecule has 0 bridgehead atoms. The number of nitrogens with one attached hydrogen (secondary N) is 1. The van der Waals surface area contributed by atoms with Gasteiger partial charge in [-0.2, -0.15) is 0 Å². The third-order valence-corrected chi connectivity index (χ3v) is 3.86. The van der Waals surface area contributed by atoms with Crippen LogP contribution in [0.15, 0.2) is 24.3 Å². The predicted octanol–water partition coefficient (Wildman–Crippen LogP) is 1.57. The van der Waals surface area contributed by atoms with Crippen LogP contribution in [0, 0.1) is 6.92 Å². The standard InChI is InChI=1S/C16H21N5O3/c1-12-18-19-20-21(12)9-8-16(22)17-13-4-6-14(7-5-13)24-11-15-3-2-10-23-15/h4-7,15H,2-3,8-11H2,1H3,(H,17,22). The van der Waals surface area contributed by atoms with Crippen LogP contribution < -0.4 is 10.1 Å². The molecule has 0 aliphatic carbocycles. The highest BCUT2D eigenvalue weighted by atomic mass is 16.5. The van der Waals surface area contributed by atoms with Crippen molar-refractivity contribution in [3.8, 4) is 5.75 Å². The molecule has 24 heavy (non-hydrogen) atoms. The number of amides is 1. The minimum absolute atomic E-state index is 0.0853. The summed E-state index contributed by atoms with van der Waals surface area (Å²) in [6.45, 7) is 3.64. The van der Waals surface area contributed by atoms with Gasteiger partial charge in [-0.1, -0.05) is 0 Å². The molecule has 3 rings (SSSR count). The molecule has 1 aromatic carbocycles. The molecule has 1 amide bonds. The number of nitrogens with zero attached hydrogens (tertiary/aromatic N) is 4. The molecule has 1 aliphatic heterocycles. The molecule has 2 aromatic rings. The first-order valence-electron chi connectivity index (χ1n) is 8.08. The first-order chi connectivity index (χ1) is 11.7. The van der Waals surface area contributed by atoms with Gasteiger partial charge in [0.05, 0.1) is 12.6 Å². The number of aromatic nitrogens is 4.